The Morgan fingerprint density at radius 3 is 0.913 bits per heavy atom. The van der Waals surface area contributed by atoms with Crippen LogP contribution >= 0.6 is 31.9 Å². The molecule has 256 valence electrons. The molecular weight excluding hydrogens is 728 g/mol. The van der Waals surface area contributed by atoms with Crippen molar-refractivity contribution in [1.82, 2.24) is 9.97 Å². The van der Waals surface area contributed by atoms with Crippen molar-refractivity contribution in [3.8, 4) is 0 Å². The van der Waals surface area contributed by atoms with Crippen LogP contribution in [0.2, 0.25) is 0 Å². The van der Waals surface area contributed by atoms with Gasteiger partial charge in [0.1, 0.15) is 31.6 Å². The second-order valence-corrected chi connectivity index (χ2v) is 15.6. The molecule has 4 amide bonds. The monoisotopic (exact) mass is 772 g/mol. The van der Waals surface area contributed by atoms with Crippen molar-refractivity contribution in [2.45, 2.75) is 119 Å². The third-order valence-electron chi connectivity index (χ3n) is 4.91. The summed E-state index contributed by atoms with van der Waals surface area (Å²) < 4.78 is 22.1. The van der Waals surface area contributed by atoms with E-state index in [1.807, 2.05) is 0 Å². The molecule has 0 aliphatic carbocycles. The molecule has 0 fully saturated rings. The lowest BCUT2D eigenvalue weighted by molar-refractivity contribution is 0.0407. The van der Waals surface area contributed by atoms with Crippen molar-refractivity contribution < 1.29 is 38.1 Å². The summed E-state index contributed by atoms with van der Waals surface area (Å²) in [5, 5.41) is 0. The lowest BCUT2D eigenvalue weighted by atomic mass is 10.2. The number of carbonyl (C=O) groups is 4. The van der Waals surface area contributed by atoms with Crippen LogP contribution < -0.4 is 9.80 Å². The first kappa shape index (κ1) is 40.8. The Bertz CT molecular complexity index is 1220. The number of rotatable bonds is 2. The van der Waals surface area contributed by atoms with Crippen LogP contribution in [0.25, 0.3) is 0 Å². The van der Waals surface area contributed by atoms with Gasteiger partial charge in [-0.1, -0.05) is 0 Å². The molecule has 0 radical (unpaired) electrons. The molecule has 0 aliphatic rings. The van der Waals surface area contributed by atoms with E-state index in [0.717, 1.165) is 9.80 Å². The molecule has 2 rings (SSSR count). The van der Waals surface area contributed by atoms with E-state index in [1.54, 1.807) is 121 Å². The number of ether oxygens (including phenoxy) is 4. The molecule has 0 aromatic carbocycles. The van der Waals surface area contributed by atoms with E-state index in [9.17, 15) is 19.2 Å². The average Bonchev–Trinajstić information content (AvgIpc) is 2.79. The predicted octanol–water partition coefficient (Wildman–Crippen LogP) is 9.66. The number of anilines is 2. The fourth-order valence-corrected chi connectivity index (χ4v) is 4.53. The number of aryl methyl sites for hydroxylation is 2. The first-order chi connectivity index (χ1) is 20.6. The number of amides is 4. The van der Waals surface area contributed by atoms with Gasteiger partial charge < -0.3 is 18.9 Å². The summed E-state index contributed by atoms with van der Waals surface area (Å²) >= 11 is 6.55. The molecule has 2 heterocycles. The maximum absolute atomic E-state index is 12.5. The van der Waals surface area contributed by atoms with Crippen LogP contribution in [-0.4, -0.2) is 56.7 Å². The number of carbonyl (C=O) groups excluding carboxylic acids is 4. The second-order valence-electron chi connectivity index (χ2n) is 14.1. The minimum Gasteiger partial charge on any atom is -0.443 e. The van der Waals surface area contributed by atoms with E-state index in [4.69, 9.17) is 18.9 Å². The molecule has 0 saturated heterocycles. The molecule has 2 aromatic rings. The van der Waals surface area contributed by atoms with Gasteiger partial charge in [-0.25, -0.2) is 29.1 Å². The van der Waals surface area contributed by atoms with Gasteiger partial charge in [0.05, 0.1) is 11.4 Å². The van der Waals surface area contributed by atoms with E-state index in [1.165, 1.54) is 0 Å². The Kier molecular flexibility index (Phi) is 13.8. The summed E-state index contributed by atoms with van der Waals surface area (Å²) in [5.41, 5.74) is -1.03. The number of aromatic nitrogens is 2. The maximum Gasteiger partial charge on any atom is 0.424 e. The van der Waals surface area contributed by atoms with Crippen molar-refractivity contribution in [3.05, 3.63) is 44.9 Å². The van der Waals surface area contributed by atoms with Crippen molar-refractivity contribution in [2.24, 2.45) is 0 Å². The molecule has 0 spiro atoms. The second kappa shape index (κ2) is 15.6. The zero-order valence-electron chi connectivity index (χ0n) is 29.1. The SMILES string of the molecule is Cc1ccnc(Br)c1N(C(=O)OC(C)(C)C)C(=O)OC(C)(C)C.Cc1ccnc(Br)c1N(C(=O)OC(C)(C)C)C(=O)OC(C)(C)C. The number of imide groups is 2. The van der Waals surface area contributed by atoms with Gasteiger partial charge in [0.25, 0.3) is 0 Å². The topological polar surface area (TPSA) is 137 Å². The first-order valence-corrected chi connectivity index (χ1v) is 16.0. The Hall–Kier alpha value is -3.26. The summed E-state index contributed by atoms with van der Waals surface area (Å²) in [6.45, 7) is 24.2. The van der Waals surface area contributed by atoms with Crippen LogP contribution in [0.3, 0.4) is 0 Å². The van der Waals surface area contributed by atoms with E-state index < -0.39 is 46.8 Å². The molecule has 0 N–H and O–H groups in total. The molecule has 14 heteroatoms. The maximum atomic E-state index is 12.5. The van der Waals surface area contributed by atoms with Crippen LogP contribution in [0.1, 0.15) is 94.2 Å². The summed E-state index contributed by atoms with van der Waals surface area (Å²) in [5.74, 6) is 0. The van der Waals surface area contributed by atoms with E-state index in [2.05, 4.69) is 41.8 Å². The summed E-state index contributed by atoms with van der Waals surface area (Å²) in [4.78, 5) is 60.1. The van der Waals surface area contributed by atoms with E-state index in [0.29, 0.717) is 31.7 Å². The van der Waals surface area contributed by atoms with Gasteiger partial charge in [-0.2, -0.15) is 9.80 Å². The summed E-state index contributed by atoms with van der Waals surface area (Å²) in [6.07, 6.45) is -0.115. The quantitative estimate of drug-likeness (QED) is 0.214. The minimum absolute atomic E-state index is 0.302. The van der Waals surface area contributed by atoms with Crippen molar-refractivity contribution >= 4 is 67.6 Å². The molecular formula is C32H46Br2N4O8. The molecule has 0 aliphatic heterocycles. The van der Waals surface area contributed by atoms with Crippen LogP contribution in [0.15, 0.2) is 33.7 Å². The largest absolute Gasteiger partial charge is 0.443 e. The van der Waals surface area contributed by atoms with Crippen molar-refractivity contribution in [3.63, 3.8) is 0 Å². The Morgan fingerprint density at radius 2 is 0.739 bits per heavy atom. The minimum atomic E-state index is -0.816. The molecule has 2 aromatic heterocycles. The van der Waals surface area contributed by atoms with Crippen LogP contribution in [0.4, 0.5) is 30.6 Å². The van der Waals surface area contributed by atoms with E-state index >= 15 is 0 Å². The lowest BCUT2D eigenvalue weighted by Crippen LogP contribution is -2.44. The van der Waals surface area contributed by atoms with E-state index in [-0.39, 0.29) is 0 Å². The first-order valence-electron chi connectivity index (χ1n) is 14.4. The summed E-state index contributed by atoms with van der Waals surface area (Å²) in [6, 6.07) is 3.39. The third kappa shape index (κ3) is 13.6. The van der Waals surface area contributed by atoms with Gasteiger partial charge in [-0.3, -0.25) is 0 Å². The van der Waals surface area contributed by atoms with Crippen LogP contribution in [-0.2, 0) is 18.9 Å². The van der Waals surface area contributed by atoms with Gasteiger partial charge in [0.15, 0.2) is 0 Å². The molecule has 0 saturated carbocycles. The number of pyridine rings is 2. The zero-order valence-corrected chi connectivity index (χ0v) is 32.3. The highest BCUT2D eigenvalue weighted by atomic mass is 79.9. The highest BCUT2D eigenvalue weighted by Crippen LogP contribution is 2.32. The highest BCUT2D eigenvalue weighted by molar-refractivity contribution is 9.10. The molecule has 0 unspecified atom stereocenters. The van der Waals surface area contributed by atoms with Gasteiger partial charge in [0.2, 0.25) is 0 Å². The fourth-order valence-electron chi connectivity index (χ4n) is 3.32. The van der Waals surface area contributed by atoms with Gasteiger partial charge >= 0.3 is 24.4 Å². The van der Waals surface area contributed by atoms with Crippen LogP contribution in [0, 0.1) is 13.8 Å². The third-order valence-corrected chi connectivity index (χ3v) is 6.07. The summed E-state index contributed by atoms with van der Waals surface area (Å²) in [7, 11) is 0. The lowest BCUT2D eigenvalue weighted by Gasteiger charge is -2.29. The molecule has 0 atom stereocenters. The normalized spacial score (nSPS) is 11.8. The molecule has 12 nitrogen and oxygen atoms in total. The Morgan fingerprint density at radius 1 is 0.522 bits per heavy atom. The number of hydrogen-bond donors (Lipinski definition) is 0. The van der Waals surface area contributed by atoms with Crippen molar-refractivity contribution in [1.29, 1.82) is 0 Å². The average molecular weight is 775 g/mol. The zero-order chi connectivity index (χ0) is 36.0. The van der Waals surface area contributed by atoms with Crippen LogP contribution in [0.5, 0.6) is 0 Å². The van der Waals surface area contributed by atoms with Gasteiger partial charge in [-0.05, 0) is 152 Å². The van der Waals surface area contributed by atoms with Crippen molar-refractivity contribution in [2.75, 3.05) is 9.80 Å². The van der Waals surface area contributed by atoms with Gasteiger partial charge in [0, 0.05) is 12.4 Å². The highest BCUT2D eigenvalue weighted by Gasteiger charge is 2.36. The Labute approximate surface area is 288 Å². The molecule has 0 bridgehead atoms. The predicted molar refractivity (Wildman–Crippen MR) is 183 cm³/mol. The number of hydrogen-bond acceptors (Lipinski definition) is 10. The number of nitrogens with zero attached hydrogens (tertiary/aromatic N) is 4. The van der Waals surface area contributed by atoms with Gasteiger partial charge in [-0.15, -0.1) is 0 Å². The Balaban J connectivity index is 0.000000460. The smallest absolute Gasteiger partial charge is 0.424 e. The standard InChI is InChI=1S/2C16H23BrN2O4/c2*1-10-8-9-18-12(17)11(10)19(13(20)22-15(2,3)4)14(21)23-16(5,6)7/h2*8-9H,1-7H3. The fraction of sp³-hybridized carbons (Fsp3) is 0.562. The number of halogens is 2. The molecule has 46 heavy (non-hydrogen) atoms.